The largest absolute Gasteiger partial charge is 0.484 e. The van der Waals surface area contributed by atoms with Crippen LogP contribution in [0.2, 0.25) is 10.0 Å². The normalized spacial score (nSPS) is 19.4. The van der Waals surface area contributed by atoms with E-state index in [0.29, 0.717) is 21.7 Å². The Morgan fingerprint density at radius 1 is 1.10 bits per heavy atom. The van der Waals surface area contributed by atoms with Crippen molar-refractivity contribution in [2.75, 3.05) is 13.1 Å². The number of hydrogen-bond donors (Lipinski definition) is 1. The minimum Gasteiger partial charge on any atom is -0.484 e. The lowest BCUT2D eigenvalue weighted by Gasteiger charge is -2.25. The second-order valence-electron chi connectivity index (χ2n) is 5.28. The van der Waals surface area contributed by atoms with E-state index < -0.39 is 0 Å². The van der Waals surface area contributed by atoms with Gasteiger partial charge in [0.15, 0.2) is 0 Å². The van der Waals surface area contributed by atoms with Crippen LogP contribution in [0.25, 0.3) is 0 Å². The molecule has 1 fully saturated rings. The summed E-state index contributed by atoms with van der Waals surface area (Å²) in [6, 6.07) is 15.7. The Labute approximate surface area is 135 Å². The monoisotopic (exact) mass is 321 g/mol. The Balaban J connectivity index is 1.88. The Kier molecular flexibility index (Phi) is 4.69. The van der Waals surface area contributed by atoms with Crippen molar-refractivity contribution < 1.29 is 4.74 Å². The summed E-state index contributed by atoms with van der Waals surface area (Å²) in [5, 5.41) is 4.57. The maximum atomic E-state index is 6.24. The van der Waals surface area contributed by atoms with Gasteiger partial charge in [-0.25, -0.2) is 0 Å². The molecule has 110 valence electrons. The molecule has 0 aliphatic carbocycles. The van der Waals surface area contributed by atoms with Crippen molar-refractivity contribution in [3.63, 3.8) is 0 Å². The van der Waals surface area contributed by atoms with Crippen molar-refractivity contribution in [2.45, 2.75) is 12.5 Å². The van der Waals surface area contributed by atoms with E-state index in [0.717, 1.165) is 19.5 Å². The predicted molar refractivity (Wildman–Crippen MR) is 87.2 cm³/mol. The number of halogens is 2. The molecule has 3 rings (SSSR count). The van der Waals surface area contributed by atoms with Gasteiger partial charge in [0.05, 0.1) is 5.02 Å². The van der Waals surface area contributed by atoms with Crippen LogP contribution in [0.4, 0.5) is 0 Å². The summed E-state index contributed by atoms with van der Waals surface area (Å²) in [6.45, 7) is 2.00. The molecule has 2 nitrogen and oxygen atoms in total. The highest BCUT2D eigenvalue weighted by atomic mass is 35.5. The fraction of sp³-hybridized carbons (Fsp3) is 0.294. The first-order chi connectivity index (χ1) is 10.2. The summed E-state index contributed by atoms with van der Waals surface area (Å²) in [5.41, 5.74) is 1.18. The highest BCUT2D eigenvalue weighted by molar-refractivity contribution is 6.35. The summed E-state index contributed by atoms with van der Waals surface area (Å²) < 4.78 is 6.24. The molecule has 0 saturated carbocycles. The first-order valence-corrected chi connectivity index (χ1v) is 7.87. The number of benzene rings is 2. The zero-order valence-corrected chi connectivity index (χ0v) is 13.1. The molecule has 2 aromatic carbocycles. The third kappa shape index (κ3) is 3.52. The van der Waals surface area contributed by atoms with E-state index in [2.05, 4.69) is 17.4 Å². The first-order valence-electron chi connectivity index (χ1n) is 7.11. The molecule has 2 aromatic rings. The molecule has 0 aromatic heterocycles. The van der Waals surface area contributed by atoms with Gasteiger partial charge in [-0.05, 0) is 36.7 Å². The zero-order valence-electron chi connectivity index (χ0n) is 11.6. The Bertz CT molecular complexity index is 597. The minimum absolute atomic E-state index is 0.000115. The van der Waals surface area contributed by atoms with Crippen molar-refractivity contribution in [1.29, 1.82) is 0 Å². The second kappa shape index (κ2) is 6.69. The topological polar surface area (TPSA) is 21.3 Å². The lowest BCUT2D eigenvalue weighted by atomic mass is 9.95. The van der Waals surface area contributed by atoms with Gasteiger partial charge in [-0.3, -0.25) is 0 Å². The van der Waals surface area contributed by atoms with Crippen molar-refractivity contribution >= 4 is 23.2 Å². The third-order valence-corrected chi connectivity index (χ3v) is 4.33. The van der Waals surface area contributed by atoms with E-state index in [1.54, 1.807) is 12.1 Å². The average molecular weight is 322 g/mol. The number of hydrogen-bond acceptors (Lipinski definition) is 2. The van der Waals surface area contributed by atoms with E-state index in [1.165, 1.54) is 5.56 Å². The molecule has 0 amide bonds. The molecule has 1 aliphatic heterocycles. The van der Waals surface area contributed by atoms with Crippen LogP contribution in [0, 0.1) is 5.92 Å². The van der Waals surface area contributed by atoms with E-state index in [4.69, 9.17) is 27.9 Å². The summed E-state index contributed by atoms with van der Waals surface area (Å²) in [7, 11) is 0. The summed E-state index contributed by atoms with van der Waals surface area (Å²) in [4.78, 5) is 0. The number of ether oxygens (including phenoxy) is 1. The van der Waals surface area contributed by atoms with Gasteiger partial charge in [-0.1, -0.05) is 53.5 Å². The van der Waals surface area contributed by atoms with Crippen molar-refractivity contribution in [3.8, 4) is 5.75 Å². The molecule has 2 atom stereocenters. The molecule has 4 heteroatoms. The smallest absolute Gasteiger partial charge is 0.138 e. The summed E-state index contributed by atoms with van der Waals surface area (Å²) in [5.74, 6) is 1.13. The summed E-state index contributed by atoms with van der Waals surface area (Å²) >= 11 is 12.2. The fourth-order valence-corrected chi connectivity index (χ4v) is 3.18. The molecule has 1 N–H and O–H groups in total. The van der Waals surface area contributed by atoms with E-state index in [1.807, 2.05) is 24.3 Å². The van der Waals surface area contributed by atoms with Crippen molar-refractivity contribution in [3.05, 3.63) is 64.1 Å². The van der Waals surface area contributed by atoms with Gasteiger partial charge < -0.3 is 10.1 Å². The maximum absolute atomic E-state index is 6.24. The zero-order chi connectivity index (χ0) is 14.7. The van der Waals surface area contributed by atoms with Gasteiger partial charge in [0.1, 0.15) is 11.9 Å². The van der Waals surface area contributed by atoms with Crippen LogP contribution >= 0.6 is 23.2 Å². The maximum Gasteiger partial charge on any atom is 0.138 e. The van der Waals surface area contributed by atoms with Gasteiger partial charge in [0.2, 0.25) is 0 Å². The quantitative estimate of drug-likeness (QED) is 0.879. The molecule has 0 spiro atoms. The second-order valence-corrected chi connectivity index (χ2v) is 6.12. The van der Waals surface area contributed by atoms with Crippen LogP contribution in [-0.2, 0) is 0 Å². The Morgan fingerprint density at radius 3 is 2.57 bits per heavy atom. The fourth-order valence-electron chi connectivity index (χ4n) is 2.72. The molecule has 0 unspecified atom stereocenters. The molecule has 0 bridgehead atoms. The van der Waals surface area contributed by atoms with Gasteiger partial charge >= 0.3 is 0 Å². The highest BCUT2D eigenvalue weighted by Gasteiger charge is 2.28. The Hall–Kier alpha value is -1.22. The SMILES string of the molecule is Clc1ccc(O[C@@H](c2ccccc2)[C@H]2CCNC2)c(Cl)c1. The molecular formula is C17H17Cl2NO. The molecule has 21 heavy (non-hydrogen) atoms. The van der Waals surface area contributed by atoms with Crippen LogP contribution in [-0.4, -0.2) is 13.1 Å². The Morgan fingerprint density at radius 2 is 1.90 bits per heavy atom. The van der Waals surface area contributed by atoms with Crippen LogP contribution in [0.15, 0.2) is 48.5 Å². The van der Waals surface area contributed by atoms with E-state index in [9.17, 15) is 0 Å². The highest BCUT2D eigenvalue weighted by Crippen LogP contribution is 2.36. The molecule has 1 saturated heterocycles. The van der Waals surface area contributed by atoms with Crippen molar-refractivity contribution in [2.24, 2.45) is 5.92 Å². The van der Waals surface area contributed by atoms with Gasteiger partial charge in [0.25, 0.3) is 0 Å². The van der Waals surface area contributed by atoms with Gasteiger partial charge in [0, 0.05) is 17.5 Å². The molecular weight excluding hydrogens is 305 g/mol. The third-order valence-electron chi connectivity index (χ3n) is 3.80. The van der Waals surface area contributed by atoms with Crippen LogP contribution in [0.5, 0.6) is 5.75 Å². The van der Waals surface area contributed by atoms with Crippen LogP contribution < -0.4 is 10.1 Å². The van der Waals surface area contributed by atoms with Gasteiger partial charge in [-0.15, -0.1) is 0 Å². The standard InChI is InChI=1S/C17H17Cl2NO/c18-14-6-7-16(15(19)10-14)21-17(13-8-9-20-11-13)12-4-2-1-3-5-12/h1-7,10,13,17,20H,8-9,11H2/t13-,17-/m0/s1. The molecule has 1 heterocycles. The number of rotatable bonds is 4. The van der Waals surface area contributed by atoms with Crippen molar-refractivity contribution in [1.82, 2.24) is 5.32 Å². The summed E-state index contributed by atoms with van der Waals surface area (Å²) in [6.07, 6.45) is 1.10. The lowest BCUT2D eigenvalue weighted by Crippen LogP contribution is -2.21. The first kappa shape index (κ1) is 14.7. The van der Waals surface area contributed by atoms with E-state index in [-0.39, 0.29) is 6.10 Å². The molecule has 0 radical (unpaired) electrons. The molecule has 1 aliphatic rings. The average Bonchev–Trinajstić information content (AvgIpc) is 3.01. The predicted octanol–water partition coefficient (Wildman–Crippen LogP) is 4.72. The lowest BCUT2D eigenvalue weighted by molar-refractivity contribution is 0.144. The number of nitrogens with one attached hydrogen (secondary N) is 1. The van der Waals surface area contributed by atoms with Crippen LogP contribution in [0.3, 0.4) is 0 Å². The van der Waals surface area contributed by atoms with Gasteiger partial charge in [-0.2, -0.15) is 0 Å². The van der Waals surface area contributed by atoms with Crippen LogP contribution in [0.1, 0.15) is 18.1 Å². The van der Waals surface area contributed by atoms with E-state index >= 15 is 0 Å². The minimum atomic E-state index is -0.000115.